The van der Waals surface area contributed by atoms with Crippen LogP contribution in [0.4, 0.5) is 5.69 Å². The summed E-state index contributed by atoms with van der Waals surface area (Å²) in [6, 6.07) is 5.46. The highest BCUT2D eigenvalue weighted by atomic mass is 16.5. The number of aliphatic carboxylic acids is 1. The first-order chi connectivity index (χ1) is 11.9. The van der Waals surface area contributed by atoms with Crippen LogP contribution in [-0.2, 0) is 14.3 Å². The Bertz CT molecular complexity index is 638. The van der Waals surface area contributed by atoms with E-state index >= 15 is 0 Å². The SMILES string of the molecule is CC(C)C[C@@H](NC(=O)c1cccc(NC(=O)C2CCCO2)c1)C(=O)O. The first kappa shape index (κ1) is 18.9. The van der Waals surface area contributed by atoms with Crippen LogP contribution < -0.4 is 10.6 Å². The van der Waals surface area contributed by atoms with Crippen LogP contribution >= 0.6 is 0 Å². The maximum atomic E-state index is 12.3. The van der Waals surface area contributed by atoms with Crippen LogP contribution in [0.2, 0.25) is 0 Å². The fraction of sp³-hybridized carbons (Fsp3) is 0.500. The van der Waals surface area contributed by atoms with Crippen LogP contribution in [0.15, 0.2) is 24.3 Å². The van der Waals surface area contributed by atoms with E-state index in [1.807, 2.05) is 13.8 Å². The van der Waals surface area contributed by atoms with Crippen LogP contribution in [0, 0.1) is 5.92 Å². The first-order valence-corrected chi connectivity index (χ1v) is 8.43. The summed E-state index contributed by atoms with van der Waals surface area (Å²) in [5.41, 5.74) is 0.768. The molecule has 2 amide bonds. The Balaban J connectivity index is 2.02. The number of hydrogen-bond donors (Lipinski definition) is 3. The van der Waals surface area contributed by atoms with E-state index in [2.05, 4.69) is 10.6 Å². The molecule has 0 saturated carbocycles. The van der Waals surface area contributed by atoms with Gasteiger partial charge in [0.1, 0.15) is 12.1 Å². The average molecular weight is 348 g/mol. The molecule has 1 saturated heterocycles. The second-order valence-electron chi connectivity index (χ2n) is 6.57. The minimum absolute atomic E-state index is 0.137. The molecule has 0 aromatic heterocycles. The fourth-order valence-corrected chi connectivity index (χ4v) is 2.68. The smallest absolute Gasteiger partial charge is 0.326 e. The summed E-state index contributed by atoms with van der Waals surface area (Å²) >= 11 is 0. The number of anilines is 1. The van der Waals surface area contributed by atoms with E-state index in [4.69, 9.17) is 4.74 Å². The van der Waals surface area contributed by atoms with Gasteiger partial charge < -0.3 is 20.5 Å². The van der Waals surface area contributed by atoms with Crippen molar-refractivity contribution in [3.63, 3.8) is 0 Å². The van der Waals surface area contributed by atoms with Crippen molar-refractivity contribution in [1.82, 2.24) is 5.32 Å². The Kier molecular flexibility index (Phi) is 6.52. The van der Waals surface area contributed by atoms with Crippen molar-refractivity contribution in [1.29, 1.82) is 0 Å². The average Bonchev–Trinajstić information content (AvgIpc) is 3.08. The van der Waals surface area contributed by atoms with E-state index in [0.29, 0.717) is 30.7 Å². The summed E-state index contributed by atoms with van der Waals surface area (Å²) in [5.74, 6) is -1.65. The number of carbonyl (C=O) groups excluding carboxylic acids is 2. The summed E-state index contributed by atoms with van der Waals surface area (Å²) in [6.45, 7) is 4.36. The molecule has 2 rings (SSSR count). The Morgan fingerprint density at radius 2 is 2.08 bits per heavy atom. The summed E-state index contributed by atoms with van der Waals surface area (Å²) in [4.78, 5) is 35.7. The molecule has 1 aromatic rings. The van der Waals surface area contributed by atoms with E-state index in [1.54, 1.807) is 18.2 Å². The van der Waals surface area contributed by atoms with Crippen molar-refractivity contribution in [2.24, 2.45) is 5.92 Å². The maximum Gasteiger partial charge on any atom is 0.326 e. The molecule has 7 heteroatoms. The van der Waals surface area contributed by atoms with Gasteiger partial charge in [-0.25, -0.2) is 4.79 Å². The molecular formula is C18H24N2O5. The third-order valence-electron chi connectivity index (χ3n) is 3.92. The Morgan fingerprint density at radius 3 is 2.68 bits per heavy atom. The number of carbonyl (C=O) groups is 3. The minimum atomic E-state index is -1.06. The number of carboxylic acids is 1. The van der Waals surface area contributed by atoms with Gasteiger partial charge in [0, 0.05) is 17.9 Å². The summed E-state index contributed by atoms with van der Waals surface area (Å²) in [5, 5.41) is 14.5. The molecule has 7 nitrogen and oxygen atoms in total. The number of benzene rings is 1. The molecule has 0 bridgehead atoms. The van der Waals surface area contributed by atoms with Crippen LogP contribution in [0.25, 0.3) is 0 Å². The molecule has 0 spiro atoms. The normalized spacial score (nSPS) is 18.0. The van der Waals surface area contributed by atoms with Gasteiger partial charge in [-0.15, -0.1) is 0 Å². The Morgan fingerprint density at radius 1 is 1.32 bits per heavy atom. The number of ether oxygens (including phenoxy) is 1. The molecule has 1 unspecified atom stereocenters. The zero-order valence-electron chi connectivity index (χ0n) is 14.5. The lowest BCUT2D eigenvalue weighted by Crippen LogP contribution is -2.41. The van der Waals surface area contributed by atoms with E-state index in [0.717, 1.165) is 6.42 Å². The minimum Gasteiger partial charge on any atom is -0.480 e. The summed E-state index contributed by atoms with van der Waals surface area (Å²) in [6.07, 6.45) is 1.42. The largest absolute Gasteiger partial charge is 0.480 e. The Hall–Kier alpha value is -2.41. The van der Waals surface area contributed by atoms with E-state index in [9.17, 15) is 19.5 Å². The van der Waals surface area contributed by atoms with E-state index < -0.39 is 24.0 Å². The molecule has 3 N–H and O–H groups in total. The quantitative estimate of drug-likeness (QED) is 0.699. The van der Waals surface area contributed by atoms with Gasteiger partial charge in [0.05, 0.1) is 0 Å². The number of hydrogen-bond acceptors (Lipinski definition) is 4. The van der Waals surface area contributed by atoms with E-state index in [-0.39, 0.29) is 11.8 Å². The van der Waals surface area contributed by atoms with Crippen molar-refractivity contribution in [2.45, 2.75) is 45.3 Å². The predicted molar refractivity (Wildman–Crippen MR) is 92.4 cm³/mol. The number of carboxylic acid groups (broad SMARTS) is 1. The second kappa shape index (κ2) is 8.62. The van der Waals surface area contributed by atoms with Gasteiger partial charge in [0.25, 0.3) is 11.8 Å². The highest BCUT2D eigenvalue weighted by molar-refractivity contribution is 5.99. The highest BCUT2D eigenvalue weighted by Gasteiger charge is 2.24. The fourth-order valence-electron chi connectivity index (χ4n) is 2.68. The molecule has 1 aromatic carbocycles. The lowest BCUT2D eigenvalue weighted by molar-refractivity contribution is -0.139. The van der Waals surface area contributed by atoms with Crippen molar-refractivity contribution in [2.75, 3.05) is 11.9 Å². The monoisotopic (exact) mass is 348 g/mol. The lowest BCUT2D eigenvalue weighted by atomic mass is 10.0. The zero-order chi connectivity index (χ0) is 18.4. The molecular weight excluding hydrogens is 324 g/mol. The van der Waals surface area contributed by atoms with Crippen LogP contribution in [0.3, 0.4) is 0 Å². The molecule has 1 aliphatic rings. The molecule has 0 aliphatic carbocycles. The molecule has 1 heterocycles. The number of amides is 2. The predicted octanol–water partition coefficient (Wildman–Crippen LogP) is 2.03. The lowest BCUT2D eigenvalue weighted by Gasteiger charge is -2.17. The van der Waals surface area contributed by atoms with Gasteiger partial charge in [0.15, 0.2) is 0 Å². The maximum absolute atomic E-state index is 12.3. The van der Waals surface area contributed by atoms with E-state index in [1.165, 1.54) is 6.07 Å². The van der Waals surface area contributed by atoms with Crippen LogP contribution in [0.5, 0.6) is 0 Å². The van der Waals surface area contributed by atoms with Gasteiger partial charge in [-0.1, -0.05) is 19.9 Å². The molecule has 25 heavy (non-hydrogen) atoms. The van der Waals surface area contributed by atoms with Gasteiger partial charge in [0.2, 0.25) is 0 Å². The number of nitrogens with one attached hydrogen (secondary N) is 2. The second-order valence-corrected chi connectivity index (χ2v) is 6.57. The molecule has 1 fully saturated rings. The first-order valence-electron chi connectivity index (χ1n) is 8.43. The van der Waals surface area contributed by atoms with Gasteiger partial charge >= 0.3 is 5.97 Å². The zero-order valence-corrected chi connectivity index (χ0v) is 14.5. The van der Waals surface area contributed by atoms with Crippen LogP contribution in [0.1, 0.15) is 43.5 Å². The third kappa shape index (κ3) is 5.56. The van der Waals surface area contributed by atoms with Crippen molar-refractivity contribution in [3.05, 3.63) is 29.8 Å². The number of rotatable bonds is 7. The molecule has 1 aliphatic heterocycles. The van der Waals surface area contributed by atoms with Crippen LogP contribution in [-0.4, -0.2) is 41.6 Å². The molecule has 0 radical (unpaired) electrons. The van der Waals surface area contributed by atoms with Crippen molar-refractivity contribution >= 4 is 23.5 Å². The summed E-state index contributed by atoms with van der Waals surface area (Å²) < 4.78 is 5.32. The van der Waals surface area contributed by atoms with Gasteiger partial charge in [-0.05, 0) is 43.4 Å². The van der Waals surface area contributed by atoms with Gasteiger partial charge in [-0.2, -0.15) is 0 Å². The third-order valence-corrected chi connectivity index (χ3v) is 3.92. The standard InChI is InChI=1S/C18H24N2O5/c1-11(2)9-14(18(23)24)20-16(21)12-5-3-6-13(10-12)19-17(22)15-7-4-8-25-15/h3,5-6,10-11,14-15H,4,7-9H2,1-2H3,(H,19,22)(H,20,21)(H,23,24)/t14-,15?/m1/s1. The molecule has 2 atom stereocenters. The Labute approximate surface area is 146 Å². The highest BCUT2D eigenvalue weighted by Crippen LogP contribution is 2.16. The van der Waals surface area contributed by atoms with Crippen molar-refractivity contribution in [3.8, 4) is 0 Å². The summed E-state index contributed by atoms with van der Waals surface area (Å²) in [7, 11) is 0. The van der Waals surface area contributed by atoms with Gasteiger partial charge in [-0.3, -0.25) is 9.59 Å². The van der Waals surface area contributed by atoms with Crippen molar-refractivity contribution < 1.29 is 24.2 Å². The topological polar surface area (TPSA) is 105 Å². The molecule has 136 valence electrons.